The Balaban J connectivity index is 1.79. The Hall–Kier alpha value is -0.820. The van der Waals surface area contributed by atoms with Gasteiger partial charge in [0.2, 0.25) is 0 Å². The Labute approximate surface area is 146 Å². The van der Waals surface area contributed by atoms with Crippen LogP contribution in [0.4, 0.5) is 0 Å². The van der Waals surface area contributed by atoms with E-state index in [0.29, 0.717) is 25.3 Å². The second-order valence-electron chi connectivity index (χ2n) is 4.48. The molecule has 1 saturated heterocycles. The van der Waals surface area contributed by atoms with Crippen molar-refractivity contribution in [3.63, 3.8) is 0 Å². The number of esters is 1. The number of rotatable bonds is 4. The van der Waals surface area contributed by atoms with Crippen LogP contribution in [-0.4, -0.2) is 24.6 Å². The van der Waals surface area contributed by atoms with Crippen molar-refractivity contribution in [2.45, 2.75) is 4.58 Å². The van der Waals surface area contributed by atoms with E-state index in [2.05, 4.69) is 0 Å². The third kappa shape index (κ3) is 3.56. The maximum absolute atomic E-state index is 12.1. The van der Waals surface area contributed by atoms with E-state index in [1.54, 1.807) is 25.3 Å². The summed E-state index contributed by atoms with van der Waals surface area (Å²) in [5.41, 5.74) is 1.18. The monoisotopic (exact) mass is 372 g/mol. The van der Waals surface area contributed by atoms with Crippen molar-refractivity contribution >= 4 is 52.4 Å². The third-order valence-electron chi connectivity index (χ3n) is 3.06. The van der Waals surface area contributed by atoms with E-state index in [-0.39, 0.29) is 0 Å². The van der Waals surface area contributed by atoms with Gasteiger partial charge in [0.1, 0.15) is 4.88 Å². The molecule has 7 heteroatoms. The van der Waals surface area contributed by atoms with E-state index in [9.17, 15) is 4.79 Å². The van der Waals surface area contributed by atoms with Gasteiger partial charge in [-0.2, -0.15) is 0 Å². The van der Waals surface area contributed by atoms with Crippen LogP contribution in [0.2, 0.25) is 4.34 Å². The number of ether oxygens (including phenoxy) is 2. The fraction of sp³-hybridized carbons (Fsp3) is 0.267. The average Bonchev–Trinajstić information content (AvgIpc) is 3.19. The SMILES string of the molecule is COc1cc(C2SCCS2)ccc1OC(=O)c1ccc(Cl)s1. The Kier molecular flexibility index (Phi) is 5.23. The summed E-state index contributed by atoms with van der Waals surface area (Å²) in [7, 11) is 1.58. The third-order valence-corrected chi connectivity index (χ3v) is 7.37. The lowest BCUT2D eigenvalue weighted by atomic mass is 10.2. The van der Waals surface area contributed by atoms with Gasteiger partial charge in [0.15, 0.2) is 11.5 Å². The summed E-state index contributed by atoms with van der Waals surface area (Å²) >= 11 is 10.9. The highest BCUT2D eigenvalue weighted by atomic mass is 35.5. The van der Waals surface area contributed by atoms with Gasteiger partial charge in [0.25, 0.3) is 0 Å². The van der Waals surface area contributed by atoms with Gasteiger partial charge in [-0.05, 0) is 29.8 Å². The molecular formula is C15H13ClO3S3. The van der Waals surface area contributed by atoms with Gasteiger partial charge in [0.05, 0.1) is 16.0 Å². The van der Waals surface area contributed by atoms with E-state index in [1.165, 1.54) is 16.9 Å². The number of thioether (sulfide) groups is 2. The lowest BCUT2D eigenvalue weighted by Gasteiger charge is -2.13. The van der Waals surface area contributed by atoms with E-state index >= 15 is 0 Å². The lowest BCUT2D eigenvalue weighted by molar-refractivity contribution is 0.0735. The van der Waals surface area contributed by atoms with Crippen LogP contribution in [0.15, 0.2) is 30.3 Å². The minimum absolute atomic E-state index is 0.424. The minimum Gasteiger partial charge on any atom is -0.493 e. The number of benzene rings is 1. The molecule has 2 heterocycles. The summed E-state index contributed by atoms with van der Waals surface area (Å²) in [6.45, 7) is 0. The summed E-state index contributed by atoms with van der Waals surface area (Å²) in [4.78, 5) is 12.6. The molecule has 1 aromatic carbocycles. The molecule has 0 aliphatic carbocycles. The second-order valence-corrected chi connectivity index (χ2v) is 8.92. The second kappa shape index (κ2) is 7.17. The first kappa shape index (κ1) is 16.1. The molecule has 0 unspecified atom stereocenters. The van der Waals surface area contributed by atoms with Crippen molar-refractivity contribution < 1.29 is 14.3 Å². The standard InChI is InChI=1S/C15H13ClO3S3/c1-18-11-8-9(15-20-6-7-21-15)2-3-10(11)19-14(17)12-4-5-13(16)22-12/h2-5,8,15H,6-7H2,1H3. The smallest absolute Gasteiger partial charge is 0.353 e. The van der Waals surface area contributed by atoms with Crippen LogP contribution in [0.1, 0.15) is 19.8 Å². The molecule has 1 aliphatic rings. The first-order valence-electron chi connectivity index (χ1n) is 6.56. The number of carbonyl (C=O) groups excluding carboxylic acids is 1. The summed E-state index contributed by atoms with van der Waals surface area (Å²) in [6.07, 6.45) is 0. The van der Waals surface area contributed by atoms with Crippen LogP contribution in [0, 0.1) is 0 Å². The van der Waals surface area contributed by atoms with E-state index in [1.807, 2.05) is 35.7 Å². The Bertz CT molecular complexity index is 680. The largest absolute Gasteiger partial charge is 0.493 e. The summed E-state index contributed by atoms with van der Waals surface area (Å²) in [5, 5.41) is 0. The molecule has 0 N–H and O–H groups in total. The maximum atomic E-state index is 12.1. The van der Waals surface area contributed by atoms with Gasteiger partial charge in [-0.3, -0.25) is 0 Å². The van der Waals surface area contributed by atoms with Gasteiger partial charge < -0.3 is 9.47 Å². The summed E-state index contributed by atoms with van der Waals surface area (Å²) in [5.74, 6) is 2.89. The Morgan fingerprint density at radius 3 is 2.59 bits per heavy atom. The first-order chi connectivity index (χ1) is 10.7. The van der Waals surface area contributed by atoms with Gasteiger partial charge in [0, 0.05) is 11.5 Å². The predicted octanol–water partition coefficient (Wildman–Crippen LogP) is 5.11. The van der Waals surface area contributed by atoms with Crippen LogP contribution < -0.4 is 9.47 Å². The number of thiophene rings is 1. The van der Waals surface area contributed by atoms with Crippen LogP contribution in [-0.2, 0) is 0 Å². The van der Waals surface area contributed by atoms with Crippen molar-refractivity contribution in [1.82, 2.24) is 0 Å². The van der Waals surface area contributed by atoms with Gasteiger partial charge in [-0.1, -0.05) is 17.7 Å². The molecule has 116 valence electrons. The van der Waals surface area contributed by atoms with E-state index in [0.717, 1.165) is 11.5 Å². The molecule has 1 aliphatic heterocycles. The zero-order chi connectivity index (χ0) is 15.5. The molecule has 0 amide bonds. The Morgan fingerprint density at radius 2 is 1.95 bits per heavy atom. The highest BCUT2D eigenvalue weighted by Crippen LogP contribution is 2.47. The van der Waals surface area contributed by atoms with Crippen molar-refractivity contribution in [3.8, 4) is 11.5 Å². The number of hydrogen-bond donors (Lipinski definition) is 0. The normalized spacial score (nSPS) is 15.0. The van der Waals surface area contributed by atoms with Crippen LogP contribution in [0.25, 0.3) is 0 Å². The zero-order valence-electron chi connectivity index (χ0n) is 11.7. The lowest BCUT2D eigenvalue weighted by Crippen LogP contribution is -2.07. The van der Waals surface area contributed by atoms with Crippen LogP contribution in [0.3, 0.4) is 0 Å². The summed E-state index contributed by atoms with van der Waals surface area (Å²) < 4.78 is 11.8. The number of halogens is 1. The summed E-state index contributed by atoms with van der Waals surface area (Å²) in [6, 6.07) is 9.06. The van der Waals surface area contributed by atoms with Crippen LogP contribution in [0.5, 0.6) is 11.5 Å². The molecule has 1 fully saturated rings. The van der Waals surface area contributed by atoms with Crippen molar-refractivity contribution in [2.24, 2.45) is 0 Å². The molecule has 0 radical (unpaired) electrons. The Morgan fingerprint density at radius 1 is 1.18 bits per heavy atom. The molecule has 0 atom stereocenters. The molecule has 0 saturated carbocycles. The minimum atomic E-state index is -0.424. The zero-order valence-corrected chi connectivity index (χ0v) is 14.9. The first-order valence-corrected chi connectivity index (χ1v) is 9.85. The van der Waals surface area contributed by atoms with Gasteiger partial charge >= 0.3 is 5.97 Å². The molecule has 1 aromatic heterocycles. The predicted molar refractivity (Wildman–Crippen MR) is 94.9 cm³/mol. The topological polar surface area (TPSA) is 35.5 Å². The van der Waals surface area contributed by atoms with Crippen LogP contribution >= 0.6 is 46.5 Å². The van der Waals surface area contributed by atoms with Crippen molar-refractivity contribution in [1.29, 1.82) is 0 Å². The highest BCUT2D eigenvalue weighted by molar-refractivity contribution is 8.19. The van der Waals surface area contributed by atoms with Crippen molar-refractivity contribution in [2.75, 3.05) is 18.6 Å². The average molecular weight is 373 g/mol. The van der Waals surface area contributed by atoms with E-state index < -0.39 is 5.97 Å². The van der Waals surface area contributed by atoms with Gasteiger partial charge in [-0.15, -0.1) is 34.9 Å². The fourth-order valence-electron chi connectivity index (χ4n) is 2.04. The molecule has 3 nitrogen and oxygen atoms in total. The maximum Gasteiger partial charge on any atom is 0.353 e. The number of carbonyl (C=O) groups is 1. The molecule has 3 rings (SSSR count). The van der Waals surface area contributed by atoms with Crippen molar-refractivity contribution in [3.05, 3.63) is 45.1 Å². The molecule has 2 aromatic rings. The van der Waals surface area contributed by atoms with Gasteiger partial charge in [-0.25, -0.2) is 4.79 Å². The number of methoxy groups -OCH3 is 1. The number of hydrogen-bond acceptors (Lipinski definition) is 6. The fourth-order valence-corrected chi connectivity index (χ4v) is 5.80. The molecule has 22 heavy (non-hydrogen) atoms. The molecular weight excluding hydrogens is 360 g/mol. The molecule has 0 spiro atoms. The molecule has 0 bridgehead atoms. The quantitative estimate of drug-likeness (QED) is 0.550. The van der Waals surface area contributed by atoms with E-state index in [4.69, 9.17) is 21.1 Å². The highest BCUT2D eigenvalue weighted by Gasteiger charge is 2.21.